The van der Waals surface area contributed by atoms with Crippen LogP contribution < -0.4 is 5.73 Å². The summed E-state index contributed by atoms with van der Waals surface area (Å²) in [5.74, 6) is 0. The fraction of sp³-hybridized carbons (Fsp3) is 0.250. The third-order valence-corrected chi connectivity index (χ3v) is 3.45. The molecule has 0 aliphatic heterocycles. The maximum atomic E-state index is 12.5. The van der Waals surface area contributed by atoms with Crippen molar-refractivity contribution in [1.29, 1.82) is 0 Å². The van der Waals surface area contributed by atoms with Gasteiger partial charge < -0.3 is 5.73 Å². The van der Waals surface area contributed by atoms with Crippen LogP contribution in [0.1, 0.15) is 28.3 Å². The first-order valence-electron chi connectivity index (χ1n) is 6.44. The van der Waals surface area contributed by atoms with Crippen LogP contribution in [-0.4, -0.2) is 0 Å². The van der Waals surface area contributed by atoms with Crippen molar-refractivity contribution in [3.05, 3.63) is 69.7 Å². The van der Waals surface area contributed by atoms with Gasteiger partial charge in [-0.05, 0) is 54.3 Å². The molecule has 0 aliphatic carbocycles. The highest BCUT2D eigenvalue weighted by atomic mass is 35.5. The van der Waals surface area contributed by atoms with E-state index >= 15 is 0 Å². The van der Waals surface area contributed by atoms with Crippen molar-refractivity contribution in [3.63, 3.8) is 0 Å². The molecule has 0 aliphatic rings. The molecule has 2 aromatic carbocycles. The Balaban J connectivity index is 2.14. The van der Waals surface area contributed by atoms with Crippen molar-refractivity contribution in [1.82, 2.24) is 0 Å². The third kappa shape index (κ3) is 4.22. The lowest BCUT2D eigenvalue weighted by atomic mass is 9.98. The van der Waals surface area contributed by atoms with E-state index in [0.717, 1.165) is 28.8 Å². The first-order valence-corrected chi connectivity index (χ1v) is 6.82. The van der Waals surface area contributed by atoms with E-state index in [1.807, 2.05) is 19.1 Å². The molecule has 2 N–H and O–H groups in total. The van der Waals surface area contributed by atoms with E-state index in [0.29, 0.717) is 11.4 Å². The molecular weight excluding hydrogens is 299 g/mol. The van der Waals surface area contributed by atoms with E-state index in [-0.39, 0.29) is 6.04 Å². The summed E-state index contributed by atoms with van der Waals surface area (Å²) in [6, 6.07) is 10.3. The van der Waals surface area contributed by atoms with Crippen molar-refractivity contribution in [2.45, 2.75) is 25.6 Å². The number of alkyl halides is 3. The predicted molar refractivity (Wildman–Crippen MR) is 78.3 cm³/mol. The van der Waals surface area contributed by atoms with Gasteiger partial charge in [0.1, 0.15) is 0 Å². The molecule has 0 saturated heterocycles. The maximum absolute atomic E-state index is 12.5. The molecule has 112 valence electrons. The van der Waals surface area contributed by atoms with Gasteiger partial charge in [0.05, 0.1) is 5.56 Å². The van der Waals surface area contributed by atoms with Crippen LogP contribution in [0, 0.1) is 6.92 Å². The zero-order valence-corrected chi connectivity index (χ0v) is 12.2. The van der Waals surface area contributed by atoms with Gasteiger partial charge >= 0.3 is 6.18 Å². The van der Waals surface area contributed by atoms with E-state index in [2.05, 4.69) is 0 Å². The Morgan fingerprint density at radius 3 is 2.24 bits per heavy atom. The van der Waals surface area contributed by atoms with Gasteiger partial charge in [-0.2, -0.15) is 13.2 Å². The van der Waals surface area contributed by atoms with Gasteiger partial charge in [0.25, 0.3) is 0 Å². The Labute approximate surface area is 126 Å². The monoisotopic (exact) mass is 313 g/mol. The van der Waals surface area contributed by atoms with Crippen molar-refractivity contribution < 1.29 is 13.2 Å². The summed E-state index contributed by atoms with van der Waals surface area (Å²) in [6.45, 7) is 1.92. The normalized spacial score (nSPS) is 13.2. The standard InChI is InChI=1S/C16H15ClF3N/c1-10-6-12(9-14(17)7-10)15(21)8-11-2-4-13(5-3-11)16(18,19)20/h2-7,9,15H,8,21H2,1H3. The van der Waals surface area contributed by atoms with Gasteiger partial charge in [0, 0.05) is 11.1 Å². The SMILES string of the molecule is Cc1cc(Cl)cc(C(N)Cc2ccc(C(F)(F)F)cc2)c1. The molecular formula is C16H15ClF3N. The number of halogens is 4. The topological polar surface area (TPSA) is 26.0 Å². The number of nitrogens with two attached hydrogens (primary N) is 1. The first kappa shape index (κ1) is 15.9. The van der Waals surface area contributed by atoms with E-state index in [1.54, 1.807) is 6.07 Å². The highest BCUT2D eigenvalue weighted by Crippen LogP contribution is 2.29. The Morgan fingerprint density at radius 1 is 1.10 bits per heavy atom. The van der Waals surface area contributed by atoms with Crippen LogP contribution in [0.15, 0.2) is 42.5 Å². The molecule has 0 saturated carbocycles. The quantitative estimate of drug-likeness (QED) is 0.856. The minimum Gasteiger partial charge on any atom is -0.324 e. The van der Waals surface area contributed by atoms with Crippen LogP contribution in [0.25, 0.3) is 0 Å². The molecule has 1 atom stereocenters. The zero-order valence-electron chi connectivity index (χ0n) is 11.4. The van der Waals surface area contributed by atoms with Crippen molar-refractivity contribution >= 4 is 11.6 Å². The lowest BCUT2D eigenvalue weighted by Gasteiger charge is -2.14. The number of benzene rings is 2. The highest BCUT2D eigenvalue weighted by molar-refractivity contribution is 6.30. The van der Waals surface area contributed by atoms with Crippen molar-refractivity contribution in [3.8, 4) is 0 Å². The van der Waals surface area contributed by atoms with E-state index in [1.165, 1.54) is 12.1 Å². The average Bonchev–Trinajstić information content (AvgIpc) is 2.37. The molecule has 0 spiro atoms. The fourth-order valence-electron chi connectivity index (χ4n) is 2.18. The predicted octanol–water partition coefficient (Wildman–Crippen LogP) is 4.91. The summed E-state index contributed by atoms with van der Waals surface area (Å²) in [7, 11) is 0. The molecule has 0 fully saturated rings. The minimum atomic E-state index is -4.31. The van der Waals surface area contributed by atoms with Crippen LogP contribution in [0.4, 0.5) is 13.2 Å². The molecule has 0 amide bonds. The van der Waals surface area contributed by atoms with Crippen molar-refractivity contribution in [2.24, 2.45) is 5.73 Å². The van der Waals surface area contributed by atoms with Crippen LogP contribution in [0.3, 0.4) is 0 Å². The molecule has 21 heavy (non-hydrogen) atoms. The zero-order chi connectivity index (χ0) is 15.6. The molecule has 0 heterocycles. The largest absolute Gasteiger partial charge is 0.416 e. The number of aryl methyl sites for hydroxylation is 1. The third-order valence-electron chi connectivity index (χ3n) is 3.23. The summed E-state index contributed by atoms with van der Waals surface area (Å²) >= 11 is 5.99. The Kier molecular flexibility index (Phi) is 4.59. The van der Waals surface area contributed by atoms with Gasteiger partial charge in [-0.25, -0.2) is 0 Å². The molecule has 0 radical (unpaired) electrons. The van der Waals surface area contributed by atoms with Crippen LogP contribution in [-0.2, 0) is 12.6 Å². The van der Waals surface area contributed by atoms with Gasteiger partial charge in [0.2, 0.25) is 0 Å². The lowest BCUT2D eigenvalue weighted by molar-refractivity contribution is -0.137. The molecule has 0 bridgehead atoms. The summed E-state index contributed by atoms with van der Waals surface area (Å²) in [5.41, 5.74) is 8.09. The lowest BCUT2D eigenvalue weighted by Crippen LogP contribution is -2.14. The molecule has 2 aromatic rings. The Morgan fingerprint density at radius 2 is 1.71 bits per heavy atom. The molecule has 1 nitrogen and oxygen atoms in total. The number of hydrogen-bond donors (Lipinski definition) is 1. The van der Waals surface area contributed by atoms with Gasteiger partial charge in [-0.1, -0.05) is 29.8 Å². The number of rotatable bonds is 3. The fourth-order valence-corrected chi connectivity index (χ4v) is 2.48. The molecule has 0 aromatic heterocycles. The second-order valence-corrected chi connectivity index (χ2v) is 5.50. The maximum Gasteiger partial charge on any atom is 0.416 e. The minimum absolute atomic E-state index is 0.306. The van der Waals surface area contributed by atoms with E-state index in [9.17, 15) is 13.2 Å². The van der Waals surface area contributed by atoms with Gasteiger partial charge in [-0.15, -0.1) is 0 Å². The van der Waals surface area contributed by atoms with Crippen LogP contribution in [0.2, 0.25) is 5.02 Å². The Hall–Kier alpha value is -1.52. The second-order valence-electron chi connectivity index (χ2n) is 5.07. The second kappa shape index (κ2) is 6.08. The first-order chi connectivity index (χ1) is 9.75. The summed E-state index contributed by atoms with van der Waals surface area (Å²) in [4.78, 5) is 0. The molecule has 1 unspecified atom stereocenters. The number of hydrogen-bond acceptors (Lipinski definition) is 1. The van der Waals surface area contributed by atoms with Crippen LogP contribution in [0.5, 0.6) is 0 Å². The van der Waals surface area contributed by atoms with Gasteiger partial charge in [-0.3, -0.25) is 0 Å². The van der Waals surface area contributed by atoms with E-state index < -0.39 is 11.7 Å². The van der Waals surface area contributed by atoms with Crippen LogP contribution >= 0.6 is 11.6 Å². The molecule has 2 rings (SSSR count). The summed E-state index contributed by atoms with van der Waals surface area (Å²) in [6.07, 6.45) is -3.86. The highest BCUT2D eigenvalue weighted by Gasteiger charge is 2.29. The van der Waals surface area contributed by atoms with Gasteiger partial charge in [0.15, 0.2) is 0 Å². The summed E-state index contributed by atoms with van der Waals surface area (Å²) in [5, 5.41) is 0.605. The summed E-state index contributed by atoms with van der Waals surface area (Å²) < 4.78 is 37.5. The average molecular weight is 314 g/mol. The van der Waals surface area contributed by atoms with Crippen molar-refractivity contribution in [2.75, 3.05) is 0 Å². The Bertz CT molecular complexity index is 600. The van der Waals surface area contributed by atoms with E-state index in [4.69, 9.17) is 17.3 Å². The smallest absolute Gasteiger partial charge is 0.324 e. The molecule has 5 heteroatoms.